The van der Waals surface area contributed by atoms with Crippen molar-refractivity contribution in [2.45, 2.75) is 40.5 Å². The molecule has 1 aromatic carbocycles. The van der Waals surface area contributed by atoms with Crippen LogP contribution in [0.3, 0.4) is 0 Å². The van der Waals surface area contributed by atoms with Crippen molar-refractivity contribution in [1.29, 1.82) is 0 Å². The largest absolute Gasteiger partial charge is 0.299 e. The normalized spacial score (nSPS) is 12.5. The van der Waals surface area contributed by atoms with Crippen LogP contribution in [0.2, 0.25) is 0 Å². The lowest BCUT2D eigenvalue weighted by Crippen LogP contribution is -2.12. The number of rotatable bonds is 4. The highest BCUT2D eigenvalue weighted by Gasteiger charge is 2.12. The third kappa shape index (κ3) is 3.19. The van der Waals surface area contributed by atoms with Crippen LogP contribution < -0.4 is 0 Å². The number of benzene rings is 1. The molecule has 82 valence electrons. The Morgan fingerprint density at radius 1 is 1.33 bits per heavy atom. The summed E-state index contributed by atoms with van der Waals surface area (Å²) in [5.74, 6) is 0.506. The number of Topliss-reactive ketones (excluding diaryl/α,β-unsaturated/α-hetero) is 1. The van der Waals surface area contributed by atoms with Gasteiger partial charge in [0.15, 0.2) is 0 Å². The second-order valence-corrected chi connectivity index (χ2v) is 4.35. The van der Waals surface area contributed by atoms with Crippen LogP contribution in [0.15, 0.2) is 18.2 Å². The molecule has 0 amide bonds. The van der Waals surface area contributed by atoms with E-state index in [2.05, 4.69) is 32.0 Å². The van der Waals surface area contributed by atoms with E-state index in [0.29, 0.717) is 12.2 Å². The van der Waals surface area contributed by atoms with Gasteiger partial charge in [0.2, 0.25) is 0 Å². The molecule has 1 atom stereocenters. The predicted molar refractivity (Wildman–Crippen MR) is 64.1 cm³/mol. The summed E-state index contributed by atoms with van der Waals surface area (Å²) in [7, 11) is 0. The van der Waals surface area contributed by atoms with Crippen LogP contribution in [0.4, 0.5) is 0 Å². The van der Waals surface area contributed by atoms with Gasteiger partial charge in [0.1, 0.15) is 5.78 Å². The Bertz CT molecular complexity index is 352. The first-order valence-electron chi connectivity index (χ1n) is 5.63. The number of hydrogen-bond donors (Lipinski definition) is 0. The first-order chi connectivity index (χ1) is 7.04. The fraction of sp³-hybridized carbons (Fsp3) is 0.500. The molecule has 0 aliphatic carbocycles. The van der Waals surface area contributed by atoms with Crippen molar-refractivity contribution in [3.8, 4) is 0 Å². The maximum atomic E-state index is 11.5. The second-order valence-electron chi connectivity index (χ2n) is 4.35. The molecule has 0 aromatic heterocycles. The van der Waals surface area contributed by atoms with Gasteiger partial charge in [-0.1, -0.05) is 37.6 Å². The molecule has 0 saturated heterocycles. The van der Waals surface area contributed by atoms with Crippen LogP contribution in [-0.2, 0) is 11.2 Å². The van der Waals surface area contributed by atoms with Crippen molar-refractivity contribution < 1.29 is 4.79 Å². The summed E-state index contributed by atoms with van der Waals surface area (Å²) in [6.07, 6.45) is 1.52. The van der Waals surface area contributed by atoms with Gasteiger partial charge in [-0.05, 0) is 31.4 Å². The van der Waals surface area contributed by atoms with Gasteiger partial charge >= 0.3 is 0 Å². The van der Waals surface area contributed by atoms with Gasteiger partial charge in [0, 0.05) is 12.3 Å². The minimum atomic E-state index is 0.149. The van der Waals surface area contributed by atoms with Crippen LogP contribution in [0.25, 0.3) is 0 Å². The smallest absolute Gasteiger partial charge is 0.135 e. The Hall–Kier alpha value is -1.11. The van der Waals surface area contributed by atoms with Crippen LogP contribution in [0, 0.1) is 19.8 Å². The average molecular weight is 204 g/mol. The van der Waals surface area contributed by atoms with Crippen molar-refractivity contribution in [2.75, 3.05) is 0 Å². The molecule has 0 radical (unpaired) electrons. The Morgan fingerprint density at radius 2 is 2.00 bits per heavy atom. The molecular formula is C14H20O. The summed E-state index contributed by atoms with van der Waals surface area (Å²) in [5.41, 5.74) is 3.88. The molecule has 1 rings (SSSR count). The maximum Gasteiger partial charge on any atom is 0.135 e. The molecule has 0 aliphatic rings. The molecular weight excluding hydrogens is 184 g/mol. The third-order valence-electron chi connectivity index (χ3n) is 2.92. The summed E-state index contributed by atoms with van der Waals surface area (Å²) in [6, 6.07) is 6.44. The van der Waals surface area contributed by atoms with Crippen molar-refractivity contribution in [2.24, 2.45) is 5.92 Å². The highest BCUT2D eigenvalue weighted by Crippen LogP contribution is 2.16. The Morgan fingerprint density at radius 3 is 2.53 bits per heavy atom. The summed E-state index contributed by atoms with van der Waals surface area (Å²) in [5, 5.41) is 0. The molecule has 0 aliphatic heterocycles. The molecule has 0 heterocycles. The van der Waals surface area contributed by atoms with Gasteiger partial charge < -0.3 is 0 Å². The number of carbonyl (C=O) groups is 1. The lowest BCUT2D eigenvalue weighted by atomic mass is 9.93. The lowest BCUT2D eigenvalue weighted by Gasteiger charge is -2.11. The fourth-order valence-electron chi connectivity index (χ4n) is 1.87. The number of ketones is 1. The standard InChI is InChI=1S/C14H20O/c1-5-14(15)12(4)9-13-7-6-10(2)8-11(13)3/h6-8,12H,5,9H2,1-4H3. The summed E-state index contributed by atoms with van der Waals surface area (Å²) >= 11 is 0. The van der Waals surface area contributed by atoms with Crippen molar-refractivity contribution >= 4 is 5.78 Å². The zero-order valence-corrected chi connectivity index (χ0v) is 10.1. The third-order valence-corrected chi connectivity index (χ3v) is 2.92. The van der Waals surface area contributed by atoms with Crippen molar-refractivity contribution in [3.63, 3.8) is 0 Å². The molecule has 0 saturated carbocycles. The van der Waals surface area contributed by atoms with E-state index < -0.39 is 0 Å². The van der Waals surface area contributed by atoms with E-state index in [1.807, 2.05) is 13.8 Å². The zero-order chi connectivity index (χ0) is 11.4. The highest BCUT2D eigenvalue weighted by molar-refractivity contribution is 5.80. The molecule has 1 aromatic rings. The van der Waals surface area contributed by atoms with Crippen LogP contribution in [0.1, 0.15) is 37.0 Å². The number of hydrogen-bond acceptors (Lipinski definition) is 1. The second kappa shape index (κ2) is 5.11. The SMILES string of the molecule is CCC(=O)C(C)Cc1ccc(C)cc1C. The Balaban J connectivity index is 2.76. The molecule has 0 fully saturated rings. The Kier molecular flexibility index (Phi) is 4.07. The first-order valence-corrected chi connectivity index (χ1v) is 5.63. The number of carbonyl (C=O) groups excluding carboxylic acids is 1. The van der Waals surface area contributed by atoms with E-state index in [-0.39, 0.29) is 5.92 Å². The van der Waals surface area contributed by atoms with E-state index in [9.17, 15) is 4.79 Å². The zero-order valence-electron chi connectivity index (χ0n) is 10.1. The number of aryl methyl sites for hydroxylation is 2. The topological polar surface area (TPSA) is 17.1 Å². The van der Waals surface area contributed by atoms with Gasteiger partial charge in [-0.2, -0.15) is 0 Å². The fourth-order valence-corrected chi connectivity index (χ4v) is 1.87. The molecule has 0 spiro atoms. The molecule has 1 nitrogen and oxygen atoms in total. The van der Waals surface area contributed by atoms with E-state index >= 15 is 0 Å². The van der Waals surface area contributed by atoms with Gasteiger partial charge in [-0.3, -0.25) is 4.79 Å². The predicted octanol–water partition coefficient (Wildman–Crippen LogP) is 3.46. The van der Waals surface area contributed by atoms with Crippen LogP contribution >= 0.6 is 0 Å². The monoisotopic (exact) mass is 204 g/mol. The molecule has 1 unspecified atom stereocenters. The van der Waals surface area contributed by atoms with Crippen LogP contribution in [0.5, 0.6) is 0 Å². The van der Waals surface area contributed by atoms with E-state index in [1.165, 1.54) is 16.7 Å². The van der Waals surface area contributed by atoms with Crippen molar-refractivity contribution in [3.05, 3.63) is 34.9 Å². The van der Waals surface area contributed by atoms with Gasteiger partial charge in [0.25, 0.3) is 0 Å². The van der Waals surface area contributed by atoms with Gasteiger partial charge in [-0.25, -0.2) is 0 Å². The summed E-state index contributed by atoms with van der Waals surface area (Å²) in [4.78, 5) is 11.5. The molecule has 0 N–H and O–H groups in total. The molecule has 15 heavy (non-hydrogen) atoms. The maximum absolute atomic E-state index is 11.5. The minimum absolute atomic E-state index is 0.149. The van der Waals surface area contributed by atoms with Gasteiger partial charge in [-0.15, -0.1) is 0 Å². The van der Waals surface area contributed by atoms with E-state index in [1.54, 1.807) is 0 Å². The lowest BCUT2D eigenvalue weighted by molar-refractivity contribution is -0.122. The molecule has 1 heteroatoms. The van der Waals surface area contributed by atoms with E-state index in [4.69, 9.17) is 0 Å². The van der Waals surface area contributed by atoms with Gasteiger partial charge in [0.05, 0.1) is 0 Å². The highest BCUT2D eigenvalue weighted by atomic mass is 16.1. The van der Waals surface area contributed by atoms with Crippen molar-refractivity contribution in [1.82, 2.24) is 0 Å². The summed E-state index contributed by atoms with van der Waals surface area (Å²) < 4.78 is 0. The Labute approximate surface area is 92.5 Å². The summed E-state index contributed by atoms with van der Waals surface area (Å²) in [6.45, 7) is 8.16. The average Bonchev–Trinajstić information content (AvgIpc) is 2.20. The van der Waals surface area contributed by atoms with E-state index in [0.717, 1.165) is 6.42 Å². The molecule has 0 bridgehead atoms. The first kappa shape index (κ1) is 12.0. The minimum Gasteiger partial charge on any atom is -0.299 e. The van der Waals surface area contributed by atoms with Crippen LogP contribution in [-0.4, -0.2) is 5.78 Å². The quantitative estimate of drug-likeness (QED) is 0.734.